The van der Waals surface area contributed by atoms with Gasteiger partial charge in [0.15, 0.2) is 0 Å². The summed E-state index contributed by atoms with van der Waals surface area (Å²) in [5, 5.41) is 0. The number of hydrogen-bond donors (Lipinski definition) is 1. The van der Waals surface area contributed by atoms with Crippen molar-refractivity contribution in [2.24, 2.45) is 5.73 Å². The van der Waals surface area contributed by atoms with Gasteiger partial charge in [-0.15, -0.1) is 0 Å². The summed E-state index contributed by atoms with van der Waals surface area (Å²) >= 11 is 0. The molecule has 0 amide bonds. The molecule has 0 aliphatic rings. The van der Waals surface area contributed by atoms with Crippen molar-refractivity contribution in [2.75, 3.05) is 19.8 Å². The third kappa shape index (κ3) is 6.58. The Morgan fingerprint density at radius 3 is 2.17 bits per heavy atom. The van der Waals surface area contributed by atoms with Gasteiger partial charge in [0.05, 0.1) is 25.4 Å². The number of nitrogens with two attached hydrogens (primary N) is 1. The first-order valence-corrected chi connectivity index (χ1v) is 4.64. The van der Waals surface area contributed by atoms with Crippen molar-refractivity contribution in [3.63, 3.8) is 0 Å². The molecule has 0 rings (SSSR count). The second-order valence-corrected chi connectivity index (χ2v) is 3.06. The third-order valence-electron chi connectivity index (χ3n) is 1.61. The smallest absolute Gasteiger partial charge is 0.0705 e. The van der Waals surface area contributed by atoms with E-state index in [4.69, 9.17) is 15.2 Å². The molecule has 0 aliphatic heterocycles. The second-order valence-electron chi connectivity index (χ2n) is 3.06. The van der Waals surface area contributed by atoms with Crippen LogP contribution in [0.25, 0.3) is 0 Å². The SMILES string of the molecule is CCC(CN)OCCOC(C)C. The molecule has 0 saturated heterocycles. The van der Waals surface area contributed by atoms with Gasteiger partial charge in [0.2, 0.25) is 0 Å². The van der Waals surface area contributed by atoms with E-state index < -0.39 is 0 Å². The van der Waals surface area contributed by atoms with E-state index in [0.717, 1.165) is 6.42 Å². The lowest BCUT2D eigenvalue weighted by Crippen LogP contribution is -2.24. The molecule has 0 bridgehead atoms. The highest BCUT2D eigenvalue weighted by molar-refractivity contribution is 4.54. The molecule has 12 heavy (non-hydrogen) atoms. The van der Waals surface area contributed by atoms with Crippen LogP contribution < -0.4 is 5.73 Å². The average molecular weight is 175 g/mol. The summed E-state index contributed by atoms with van der Waals surface area (Å²) in [5.74, 6) is 0. The average Bonchev–Trinajstić information content (AvgIpc) is 2.04. The monoisotopic (exact) mass is 175 g/mol. The van der Waals surface area contributed by atoms with Crippen LogP contribution in [0, 0.1) is 0 Å². The molecule has 0 aliphatic carbocycles. The maximum Gasteiger partial charge on any atom is 0.0705 e. The Morgan fingerprint density at radius 2 is 1.75 bits per heavy atom. The summed E-state index contributed by atoms with van der Waals surface area (Å²) in [7, 11) is 0. The molecule has 0 aromatic rings. The van der Waals surface area contributed by atoms with Gasteiger partial charge in [-0.3, -0.25) is 0 Å². The van der Waals surface area contributed by atoms with Gasteiger partial charge in [-0.05, 0) is 20.3 Å². The van der Waals surface area contributed by atoms with Crippen LogP contribution in [0.5, 0.6) is 0 Å². The first-order chi connectivity index (χ1) is 5.70. The molecule has 0 radical (unpaired) electrons. The van der Waals surface area contributed by atoms with Gasteiger partial charge in [-0.25, -0.2) is 0 Å². The molecular formula is C9H21NO2. The Kier molecular flexibility index (Phi) is 7.45. The number of hydrogen-bond acceptors (Lipinski definition) is 3. The van der Waals surface area contributed by atoms with Crippen molar-refractivity contribution in [1.82, 2.24) is 0 Å². The maximum absolute atomic E-state index is 5.46. The van der Waals surface area contributed by atoms with Crippen LogP contribution in [-0.4, -0.2) is 32.0 Å². The second kappa shape index (κ2) is 7.53. The first kappa shape index (κ1) is 11.9. The van der Waals surface area contributed by atoms with E-state index in [1.165, 1.54) is 0 Å². The summed E-state index contributed by atoms with van der Waals surface area (Å²) in [4.78, 5) is 0. The van der Waals surface area contributed by atoms with Crippen LogP contribution in [0.15, 0.2) is 0 Å². The molecule has 3 heteroatoms. The highest BCUT2D eigenvalue weighted by atomic mass is 16.5. The van der Waals surface area contributed by atoms with Gasteiger partial charge in [0.25, 0.3) is 0 Å². The lowest BCUT2D eigenvalue weighted by atomic mass is 10.3. The molecule has 74 valence electrons. The third-order valence-corrected chi connectivity index (χ3v) is 1.61. The van der Waals surface area contributed by atoms with Crippen LogP contribution in [0.4, 0.5) is 0 Å². The lowest BCUT2D eigenvalue weighted by molar-refractivity contribution is -0.0104. The number of ether oxygens (including phenoxy) is 2. The fourth-order valence-corrected chi connectivity index (χ4v) is 0.851. The van der Waals surface area contributed by atoms with Crippen LogP contribution in [-0.2, 0) is 9.47 Å². The van der Waals surface area contributed by atoms with E-state index in [0.29, 0.717) is 19.8 Å². The zero-order valence-corrected chi connectivity index (χ0v) is 8.38. The van der Waals surface area contributed by atoms with Crippen molar-refractivity contribution in [1.29, 1.82) is 0 Å². The largest absolute Gasteiger partial charge is 0.376 e. The van der Waals surface area contributed by atoms with Gasteiger partial charge in [-0.2, -0.15) is 0 Å². The Bertz CT molecular complexity index is 92.5. The summed E-state index contributed by atoms with van der Waals surface area (Å²) in [5.41, 5.74) is 5.46. The molecule has 1 unspecified atom stereocenters. The molecule has 2 N–H and O–H groups in total. The Balaban J connectivity index is 3.17. The maximum atomic E-state index is 5.46. The molecule has 1 atom stereocenters. The van der Waals surface area contributed by atoms with Gasteiger partial charge in [0.1, 0.15) is 0 Å². The van der Waals surface area contributed by atoms with E-state index >= 15 is 0 Å². The van der Waals surface area contributed by atoms with Crippen LogP contribution in [0.2, 0.25) is 0 Å². The Labute approximate surface area is 75.2 Å². The normalized spacial score (nSPS) is 13.8. The quantitative estimate of drug-likeness (QED) is 0.591. The van der Waals surface area contributed by atoms with Crippen LogP contribution in [0.1, 0.15) is 27.2 Å². The predicted octanol–water partition coefficient (Wildman–Crippen LogP) is 1.17. The predicted molar refractivity (Wildman–Crippen MR) is 50.2 cm³/mol. The van der Waals surface area contributed by atoms with Gasteiger partial charge in [0, 0.05) is 6.54 Å². The van der Waals surface area contributed by atoms with Crippen molar-refractivity contribution in [3.05, 3.63) is 0 Å². The van der Waals surface area contributed by atoms with Crippen molar-refractivity contribution < 1.29 is 9.47 Å². The van der Waals surface area contributed by atoms with Gasteiger partial charge < -0.3 is 15.2 Å². The minimum absolute atomic E-state index is 0.195. The van der Waals surface area contributed by atoms with E-state index in [1.54, 1.807) is 0 Å². The van der Waals surface area contributed by atoms with E-state index in [-0.39, 0.29) is 12.2 Å². The topological polar surface area (TPSA) is 44.5 Å². The zero-order chi connectivity index (χ0) is 9.40. The molecule has 0 fully saturated rings. The van der Waals surface area contributed by atoms with Crippen LogP contribution in [0.3, 0.4) is 0 Å². The van der Waals surface area contributed by atoms with Gasteiger partial charge in [-0.1, -0.05) is 6.92 Å². The van der Waals surface area contributed by atoms with Crippen molar-refractivity contribution in [3.8, 4) is 0 Å². The minimum atomic E-state index is 0.195. The number of rotatable bonds is 7. The summed E-state index contributed by atoms with van der Waals surface area (Å²) in [6.45, 7) is 8.00. The summed E-state index contributed by atoms with van der Waals surface area (Å²) in [6.07, 6.45) is 1.45. The summed E-state index contributed by atoms with van der Waals surface area (Å²) < 4.78 is 10.8. The fourth-order valence-electron chi connectivity index (χ4n) is 0.851. The lowest BCUT2D eigenvalue weighted by Gasteiger charge is -2.14. The van der Waals surface area contributed by atoms with Gasteiger partial charge >= 0.3 is 0 Å². The Morgan fingerprint density at radius 1 is 1.17 bits per heavy atom. The van der Waals surface area contributed by atoms with E-state index in [1.807, 2.05) is 13.8 Å². The first-order valence-electron chi connectivity index (χ1n) is 4.64. The molecule has 0 aromatic heterocycles. The molecule has 0 saturated carbocycles. The standard InChI is InChI=1S/C9H21NO2/c1-4-9(7-10)12-6-5-11-8(2)3/h8-9H,4-7,10H2,1-3H3. The van der Waals surface area contributed by atoms with E-state index in [9.17, 15) is 0 Å². The highest BCUT2D eigenvalue weighted by Gasteiger charge is 2.02. The molecule has 0 spiro atoms. The minimum Gasteiger partial charge on any atom is -0.376 e. The Hall–Kier alpha value is -0.120. The molecular weight excluding hydrogens is 154 g/mol. The zero-order valence-electron chi connectivity index (χ0n) is 8.38. The van der Waals surface area contributed by atoms with Crippen LogP contribution >= 0.6 is 0 Å². The fraction of sp³-hybridized carbons (Fsp3) is 1.00. The van der Waals surface area contributed by atoms with E-state index in [2.05, 4.69) is 6.92 Å². The molecule has 0 heterocycles. The van der Waals surface area contributed by atoms with Crippen molar-refractivity contribution >= 4 is 0 Å². The molecule has 0 aromatic carbocycles. The van der Waals surface area contributed by atoms with Crippen molar-refractivity contribution in [2.45, 2.75) is 39.4 Å². The molecule has 3 nitrogen and oxygen atoms in total. The highest BCUT2D eigenvalue weighted by Crippen LogP contribution is 1.95. The summed E-state index contributed by atoms with van der Waals surface area (Å²) in [6, 6.07) is 0.